The van der Waals surface area contributed by atoms with Gasteiger partial charge in [-0.1, -0.05) is 35.5 Å². The summed E-state index contributed by atoms with van der Waals surface area (Å²) in [6.07, 6.45) is 0. The lowest BCUT2D eigenvalue weighted by Crippen LogP contribution is -2.47. The Morgan fingerprint density at radius 1 is 1.12 bits per heavy atom. The Morgan fingerprint density at radius 2 is 1.88 bits per heavy atom. The molecule has 1 saturated heterocycles. The number of carbonyl (C=O) groups is 1. The summed E-state index contributed by atoms with van der Waals surface area (Å²) in [6, 6.07) is 17.2. The highest BCUT2D eigenvalue weighted by atomic mass is 16.5. The van der Waals surface area contributed by atoms with E-state index in [1.807, 2.05) is 54.6 Å². The maximum atomic E-state index is 11.3. The molecule has 1 aliphatic rings. The molecule has 0 radical (unpaired) electrons. The zero-order valence-electron chi connectivity index (χ0n) is 13.8. The number of benzene rings is 2. The van der Waals surface area contributed by atoms with Gasteiger partial charge in [-0.25, -0.2) is 0 Å². The van der Waals surface area contributed by atoms with Gasteiger partial charge in [0, 0.05) is 25.6 Å². The maximum Gasteiger partial charge on any atom is 0.233 e. The molecule has 0 N–H and O–H groups in total. The molecule has 1 aromatic heterocycles. The summed E-state index contributed by atoms with van der Waals surface area (Å²) in [6.45, 7) is 2.83. The van der Waals surface area contributed by atoms with Gasteiger partial charge in [-0.2, -0.15) is 4.98 Å². The van der Waals surface area contributed by atoms with Gasteiger partial charge >= 0.3 is 0 Å². The van der Waals surface area contributed by atoms with Crippen LogP contribution in [-0.2, 0) is 4.79 Å². The van der Waals surface area contributed by atoms with Gasteiger partial charge in [0.25, 0.3) is 0 Å². The Kier molecular flexibility index (Phi) is 3.93. The standard InChI is InChI=1S/C19H17N3O3/c1-13(23)22-11-15(12-22)19-20-18(21-25-19)14-6-5-9-17(10-14)24-16-7-3-2-4-8-16/h2-10,15H,11-12H2,1H3. The fraction of sp³-hybridized carbons (Fsp3) is 0.211. The molecule has 126 valence electrons. The minimum Gasteiger partial charge on any atom is -0.457 e. The van der Waals surface area contributed by atoms with E-state index in [-0.39, 0.29) is 11.8 Å². The number of nitrogens with zero attached hydrogens (tertiary/aromatic N) is 3. The normalized spacial score (nSPS) is 14.2. The van der Waals surface area contributed by atoms with Crippen LogP contribution in [-0.4, -0.2) is 34.0 Å². The number of rotatable bonds is 4. The first-order chi connectivity index (χ1) is 12.2. The topological polar surface area (TPSA) is 68.5 Å². The third kappa shape index (κ3) is 3.24. The van der Waals surface area contributed by atoms with Crippen LogP contribution in [0.2, 0.25) is 0 Å². The average molecular weight is 335 g/mol. The summed E-state index contributed by atoms with van der Waals surface area (Å²) in [7, 11) is 0. The molecule has 4 rings (SSSR count). The molecule has 0 aliphatic carbocycles. The zero-order chi connectivity index (χ0) is 17.2. The van der Waals surface area contributed by atoms with Gasteiger partial charge in [0.05, 0.1) is 5.92 Å². The minimum absolute atomic E-state index is 0.0711. The molecule has 3 aromatic rings. The fourth-order valence-electron chi connectivity index (χ4n) is 2.73. The molecule has 1 amide bonds. The van der Waals surface area contributed by atoms with E-state index in [0.717, 1.165) is 11.3 Å². The van der Waals surface area contributed by atoms with Gasteiger partial charge in [0.15, 0.2) is 0 Å². The lowest BCUT2D eigenvalue weighted by molar-refractivity contribution is -0.133. The van der Waals surface area contributed by atoms with Crippen LogP contribution in [0.15, 0.2) is 59.1 Å². The number of amides is 1. The van der Waals surface area contributed by atoms with Crippen molar-refractivity contribution in [1.29, 1.82) is 0 Å². The zero-order valence-corrected chi connectivity index (χ0v) is 13.8. The molecule has 0 saturated carbocycles. The monoisotopic (exact) mass is 335 g/mol. The predicted molar refractivity (Wildman–Crippen MR) is 91.2 cm³/mol. The van der Waals surface area contributed by atoms with Crippen molar-refractivity contribution in [3.63, 3.8) is 0 Å². The van der Waals surface area contributed by atoms with Crippen LogP contribution in [0.5, 0.6) is 11.5 Å². The predicted octanol–water partition coefficient (Wildman–Crippen LogP) is 3.47. The van der Waals surface area contributed by atoms with Crippen LogP contribution in [0.4, 0.5) is 0 Å². The van der Waals surface area contributed by atoms with Crippen molar-refractivity contribution in [1.82, 2.24) is 15.0 Å². The Labute approximate surface area is 145 Å². The highest BCUT2D eigenvalue weighted by Crippen LogP contribution is 2.29. The number of ether oxygens (including phenoxy) is 1. The molecule has 1 fully saturated rings. The smallest absolute Gasteiger partial charge is 0.233 e. The highest BCUT2D eigenvalue weighted by molar-refractivity contribution is 5.74. The van der Waals surface area contributed by atoms with Crippen LogP contribution < -0.4 is 4.74 Å². The Hall–Kier alpha value is -3.15. The van der Waals surface area contributed by atoms with Gasteiger partial charge in [-0.3, -0.25) is 4.79 Å². The second kappa shape index (κ2) is 6.39. The number of aromatic nitrogens is 2. The average Bonchev–Trinajstić information content (AvgIpc) is 3.04. The van der Waals surface area contributed by atoms with E-state index < -0.39 is 0 Å². The van der Waals surface area contributed by atoms with Crippen molar-refractivity contribution < 1.29 is 14.1 Å². The number of hydrogen-bond donors (Lipinski definition) is 0. The number of carbonyl (C=O) groups excluding carboxylic acids is 1. The van der Waals surface area contributed by atoms with E-state index in [4.69, 9.17) is 9.26 Å². The minimum atomic E-state index is 0.0711. The third-order valence-electron chi connectivity index (χ3n) is 4.19. The molecule has 25 heavy (non-hydrogen) atoms. The molecule has 6 heteroatoms. The van der Waals surface area contributed by atoms with Crippen LogP contribution in [0.3, 0.4) is 0 Å². The van der Waals surface area contributed by atoms with Gasteiger partial charge in [-0.05, 0) is 24.3 Å². The quantitative estimate of drug-likeness (QED) is 0.730. The van der Waals surface area contributed by atoms with Crippen LogP contribution in [0.1, 0.15) is 18.7 Å². The van der Waals surface area contributed by atoms with E-state index in [1.165, 1.54) is 0 Å². The lowest BCUT2D eigenvalue weighted by Gasteiger charge is -2.36. The first kappa shape index (κ1) is 15.4. The van der Waals surface area contributed by atoms with Crippen molar-refractivity contribution in [2.75, 3.05) is 13.1 Å². The van der Waals surface area contributed by atoms with Gasteiger partial charge in [0.1, 0.15) is 11.5 Å². The lowest BCUT2D eigenvalue weighted by atomic mass is 10.0. The van der Waals surface area contributed by atoms with Crippen LogP contribution >= 0.6 is 0 Å². The molecule has 0 bridgehead atoms. The fourth-order valence-corrected chi connectivity index (χ4v) is 2.73. The molecule has 0 unspecified atom stereocenters. The number of hydrogen-bond acceptors (Lipinski definition) is 5. The third-order valence-corrected chi connectivity index (χ3v) is 4.19. The molecular weight excluding hydrogens is 318 g/mol. The van der Waals surface area contributed by atoms with Crippen molar-refractivity contribution in [2.24, 2.45) is 0 Å². The van der Waals surface area contributed by atoms with Crippen molar-refractivity contribution in [3.8, 4) is 22.9 Å². The molecule has 2 heterocycles. The van der Waals surface area contributed by atoms with E-state index in [2.05, 4.69) is 10.1 Å². The summed E-state index contributed by atoms with van der Waals surface area (Å²) in [5, 5.41) is 4.06. The largest absolute Gasteiger partial charge is 0.457 e. The van der Waals surface area contributed by atoms with Crippen molar-refractivity contribution in [3.05, 3.63) is 60.5 Å². The molecule has 0 spiro atoms. The number of likely N-dealkylation sites (tertiary alicyclic amines) is 1. The summed E-state index contributed by atoms with van der Waals surface area (Å²) < 4.78 is 11.2. The van der Waals surface area contributed by atoms with Gasteiger partial charge in [-0.15, -0.1) is 0 Å². The Balaban J connectivity index is 1.49. The van der Waals surface area contributed by atoms with Crippen LogP contribution in [0, 0.1) is 0 Å². The molecule has 0 atom stereocenters. The SMILES string of the molecule is CC(=O)N1CC(c2nc(-c3cccc(Oc4ccccc4)c3)no2)C1. The highest BCUT2D eigenvalue weighted by Gasteiger charge is 2.34. The van der Waals surface area contributed by atoms with E-state index in [9.17, 15) is 4.79 Å². The van der Waals surface area contributed by atoms with Gasteiger partial charge < -0.3 is 14.2 Å². The second-order valence-electron chi connectivity index (χ2n) is 6.02. The van der Waals surface area contributed by atoms with E-state index in [1.54, 1.807) is 11.8 Å². The maximum absolute atomic E-state index is 11.3. The van der Waals surface area contributed by atoms with E-state index in [0.29, 0.717) is 30.6 Å². The Morgan fingerprint density at radius 3 is 2.64 bits per heavy atom. The summed E-state index contributed by atoms with van der Waals surface area (Å²) in [5.41, 5.74) is 0.825. The van der Waals surface area contributed by atoms with Crippen molar-refractivity contribution >= 4 is 5.91 Å². The van der Waals surface area contributed by atoms with Crippen LogP contribution in [0.25, 0.3) is 11.4 Å². The second-order valence-corrected chi connectivity index (χ2v) is 6.02. The summed E-state index contributed by atoms with van der Waals surface area (Å²) >= 11 is 0. The summed E-state index contributed by atoms with van der Waals surface area (Å²) in [5.74, 6) is 2.76. The van der Waals surface area contributed by atoms with Gasteiger partial charge in [0.2, 0.25) is 17.6 Å². The Bertz CT molecular complexity index is 886. The summed E-state index contributed by atoms with van der Waals surface area (Å²) in [4.78, 5) is 17.5. The molecule has 2 aromatic carbocycles. The molecular formula is C19H17N3O3. The molecule has 1 aliphatic heterocycles. The number of para-hydroxylation sites is 1. The first-order valence-corrected chi connectivity index (χ1v) is 8.11. The van der Waals surface area contributed by atoms with Crippen molar-refractivity contribution in [2.45, 2.75) is 12.8 Å². The van der Waals surface area contributed by atoms with E-state index >= 15 is 0 Å². The molecule has 6 nitrogen and oxygen atoms in total. The first-order valence-electron chi connectivity index (χ1n) is 8.11.